The zero-order valence-corrected chi connectivity index (χ0v) is 18.9. The normalized spacial score (nSPS) is 13.8. The molecule has 0 radical (unpaired) electrons. The third-order valence-corrected chi connectivity index (χ3v) is 9.23. The topological polar surface area (TPSA) is 103 Å². The summed E-state index contributed by atoms with van der Waals surface area (Å²) in [4.78, 5) is 9.46. The second-order valence-corrected chi connectivity index (χ2v) is 10.8. The van der Waals surface area contributed by atoms with Crippen LogP contribution in [0, 0.1) is 0 Å². The van der Waals surface area contributed by atoms with E-state index in [1.807, 2.05) is 36.4 Å². The Bertz CT molecular complexity index is 1170. The van der Waals surface area contributed by atoms with Crippen LogP contribution in [0.25, 0.3) is 20.4 Å². The number of hydrogen-bond acceptors (Lipinski definition) is 10. The number of fused-ring (bicyclic) bond motifs is 2. The average Bonchev–Trinajstić information content (AvgIpc) is 3.45. The Labute approximate surface area is 189 Å². The standard InChI is InChI=1S/C20H16N6S4/c21-18-17(19(22)26-25-18)20(27-9-15-23-11-5-1-3-7-13(11)29-15)28-10-16-24-12-6-2-4-8-14(12)30-16/h1-8H,9-10H2,(H2,21,25)(H2,22,26). The minimum atomic E-state index is 0.357. The molecule has 0 saturated carbocycles. The summed E-state index contributed by atoms with van der Waals surface area (Å²) in [7, 11) is 0. The third kappa shape index (κ3) is 3.95. The lowest BCUT2D eigenvalue weighted by Crippen LogP contribution is -2.23. The highest BCUT2D eigenvalue weighted by molar-refractivity contribution is 8.21. The molecule has 2 aromatic carbocycles. The van der Waals surface area contributed by atoms with Crippen LogP contribution in [0.15, 0.2) is 68.5 Å². The molecule has 1 aliphatic heterocycles. The van der Waals surface area contributed by atoms with Crippen LogP contribution in [-0.4, -0.2) is 21.6 Å². The van der Waals surface area contributed by atoms with Gasteiger partial charge in [0, 0.05) is 0 Å². The average molecular weight is 469 g/mol. The van der Waals surface area contributed by atoms with Crippen molar-refractivity contribution in [2.45, 2.75) is 11.5 Å². The fourth-order valence-electron chi connectivity index (χ4n) is 2.95. The summed E-state index contributed by atoms with van der Waals surface area (Å²) in [6.07, 6.45) is 0. The second kappa shape index (κ2) is 8.38. The molecular formula is C20H16N6S4. The lowest BCUT2D eigenvalue weighted by molar-refractivity contribution is 1.25. The first-order chi connectivity index (χ1) is 14.7. The van der Waals surface area contributed by atoms with E-state index in [-0.39, 0.29) is 0 Å². The van der Waals surface area contributed by atoms with Crippen LogP contribution in [0.2, 0.25) is 0 Å². The van der Waals surface area contributed by atoms with Crippen molar-refractivity contribution >= 4 is 78.3 Å². The van der Waals surface area contributed by atoms with Crippen molar-refractivity contribution in [3.63, 3.8) is 0 Å². The van der Waals surface area contributed by atoms with E-state index in [0.717, 1.165) is 36.8 Å². The number of nitrogens with zero attached hydrogens (tertiary/aromatic N) is 4. The van der Waals surface area contributed by atoms with Gasteiger partial charge in [-0.15, -0.1) is 56.4 Å². The van der Waals surface area contributed by atoms with Gasteiger partial charge in [0.05, 0.1) is 41.7 Å². The third-order valence-electron chi connectivity index (χ3n) is 4.31. The molecule has 30 heavy (non-hydrogen) atoms. The first kappa shape index (κ1) is 19.6. The molecule has 0 fully saturated rings. The number of nitrogens with two attached hydrogens (primary N) is 2. The Balaban J connectivity index is 1.38. The molecule has 0 unspecified atom stereocenters. The number of hydrogen-bond donors (Lipinski definition) is 2. The Hall–Kier alpha value is -2.40. The Morgan fingerprint density at radius 2 is 1.20 bits per heavy atom. The largest absolute Gasteiger partial charge is 0.382 e. The van der Waals surface area contributed by atoms with Crippen molar-refractivity contribution < 1.29 is 0 Å². The lowest BCUT2D eigenvalue weighted by atomic mass is 10.3. The first-order valence-electron chi connectivity index (χ1n) is 9.03. The summed E-state index contributed by atoms with van der Waals surface area (Å²) in [5.74, 6) is 2.17. The van der Waals surface area contributed by atoms with Crippen molar-refractivity contribution in [3.8, 4) is 0 Å². The molecule has 4 aromatic rings. The van der Waals surface area contributed by atoms with E-state index in [0.29, 0.717) is 17.2 Å². The van der Waals surface area contributed by atoms with Gasteiger partial charge in [-0.3, -0.25) is 0 Å². The van der Waals surface area contributed by atoms with Crippen LogP contribution >= 0.6 is 46.2 Å². The Morgan fingerprint density at radius 1 is 0.733 bits per heavy atom. The SMILES string of the molecule is NC1=NN=C(N)C1=C(SCc1nc2ccccc2s1)SCc1nc2ccccc2s1. The maximum Gasteiger partial charge on any atom is 0.158 e. The maximum absolute atomic E-state index is 6.08. The van der Waals surface area contributed by atoms with Gasteiger partial charge in [-0.1, -0.05) is 24.3 Å². The number of aromatic nitrogens is 2. The molecule has 2 aromatic heterocycles. The van der Waals surface area contributed by atoms with E-state index in [4.69, 9.17) is 21.4 Å². The molecule has 150 valence electrons. The summed E-state index contributed by atoms with van der Waals surface area (Å²) in [5, 5.41) is 10.0. The maximum atomic E-state index is 6.08. The zero-order valence-electron chi connectivity index (χ0n) is 15.6. The number of thioether (sulfide) groups is 2. The predicted octanol–water partition coefficient (Wildman–Crippen LogP) is 4.93. The van der Waals surface area contributed by atoms with Gasteiger partial charge >= 0.3 is 0 Å². The molecule has 0 atom stereocenters. The summed E-state index contributed by atoms with van der Waals surface area (Å²) in [6, 6.07) is 16.3. The number of rotatable bonds is 6. The fourth-order valence-corrected chi connectivity index (χ4v) is 7.33. The molecule has 4 N–H and O–H groups in total. The number of benzene rings is 2. The molecule has 1 aliphatic rings. The number of thiazole rings is 2. The van der Waals surface area contributed by atoms with Gasteiger partial charge in [0.25, 0.3) is 0 Å². The minimum absolute atomic E-state index is 0.357. The Kier molecular flexibility index (Phi) is 5.47. The highest BCUT2D eigenvalue weighted by atomic mass is 32.2. The van der Waals surface area contributed by atoms with Crippen LogP contribution in [0.3, 0.4) is 0 Å². The molecule has 5 rings (SSSR count). The minimum Gasteiger partial charge on any atom is -0.382 e. The predicted molar refractivity (Wildman–Crippen MR) is 132 cm³/mol. The monoisotopic (exact) mass is 468 g/mol. The van der Waals surface area contributed by atoms with Gasteiger partial charge in [-0.05, 0) is 24.3 Å². The molecule has 0 bridgehead atoms. The van der Waals surface area contributed by atoms with E-state index in [2.05, 4.69) is 22.3 Å². The van der Waals surface area contributed by atoms with Crippen LogP contribution in [0.4, 0.5) is 0 Å². The van der Waals surface area contributed by atoms with E-state index in [1.54, 1.807) is 46.2 Å². The van der Waals surface area contributed by atoms with Gasteiger partial charge in [-0.2, -0.15) is 0 Å². The van der Waals surface area contributed by atoms with Gasteiger partial charge in [0.2, 0.25) is 0 Å². The smallest absolute Gasteiger partial charge is 0.158 e. The summed E-state index contributed by atoms with van der Waals surface area (Å²) in [5.41, 5.74) is 14.9. The number of para-hydroxylation sites is 2. The van der Waals surface area contributed by atoms with E-state index >= 15 is 0 Å². The van der Waals surface area contributed by atoms with Crippen LogP contribution < -0.4 is 11.5 Å². The zero-order chi connectivity index (χ0) is 20.5. The van der Waals surface area contributed by atoms with Crippen molar-refractivity contribution in [2.75, 3.05) is 0 Å². The highest BCUT2D eigenvalue weighted by Gasteiger charge is 2.22. The van der Waals surface area contributed by atoms with Gasteiger partial charge in [0.1, 0.15) is 10.0 Å². The quantitative estimate of drug-likeness (QED) is 0.416. The van der Waals surface area contributed by atoms with Crippen molar-refractivity contribution in [3.05, 3.63) is 68.4 Å². The van der Waals surface area contributed by atoms with Gasteiger partial charge < -0.3 is 11.5 Å². The van der Waals surface area contributed by atoms with Gasteiger partial charge in [0.15, 0.2) is 11.7 Å². The van der Waals surface area contributed by atoms with Crippen LogP contribution in [-0.2, 0) is 11.5 Å². The molecule has 0 amide bonds. The lowest BCUT2D eigenvalue weighted by Gasteiger charge is -2.09. The van der Waals surface area contributed by atoms with Crippen molar-refractivity contribution in [1.29, 1.82) is 0 Å². The molecule has 0 saturated heterocycles. The molecule has 0 aliphatic carbocycles. The number of amidine groups is 2. The second-order valence-electron chi connectivity index (χ2n) is 6.36. The summed E-state index contributed by atoms with van der Waals surface area (Å²) < 4.78 is 3.37. The van der Waals surface area contributed by atoms with Crippen LogP contribution in [0.1, 0.15) is 10.0 Å². The van der Waals surface area contributed by atoms with E-state index in [1.165, 1.54) is 9.40 Å². The van der Waals surface area contributed by atoms with E-state index < -0.39 is 0 Å². The molecular weight excluding hydrogens is 453 g/mol. The molecule has 0 spiro atoms. The summed E-state index contributed by atoms with van der Waals surface area (Å²) >= 11 is 6.74. The molecule has 6 nitrogen and oxygen atoms in total. The fraction of sp³-hybridized carbons (Fsp3) is 0.100. The Morgan fingerprint density at radius 3 is 1.67 bits per heavy atom. The molecule has 3 heterocycles. The van der Waals surface area contributed by atoms with Crippen molar-refractivity contribution in [1.82, 2.24) is 9.97 Å². The molecule has 10 heteroatoms. The van der Waals surface area contributed by atoms with Crippen molar-refractivity contribution in [2.24, 2.45) is 21.7 Å². The van der Waals surface area contributed by atoms with E-state index in [9.17, 15) is 0 Å². The summed E-state index contributed by atoms with van der Waals surface area (Å²) in [6.45, 7) is 0. The highest BCUT2D eigenvalue weighted by Crippen LogP contribution is 2.39. The first-order valence-corrected chi connectivity index (χ1v) is 12.6. The van der Waals surface area contributed by atoms with Crippen LogP contribution in [0.5, 0.6) is 0 Å². The van der Waals surface area contributed by atoms with Gasteiger partial charge in [-0.25, -0.2) is 9.97 Å².